The zero-order valence-corrected chi connectivity index (χ0v) is 20.4. The monoisotopic (exact) mass is 487 g/mol. The molecule has 0 atom stereocenters. The molecule has 0 unspecified atom stereocenters. The molecule has 0 aliphatic carbocycles. The Labute approximate surface area is 210 Å². The lowest BCUT2D eigenvalue weighted by molar-refractivity contribution is 0.0945. The first-order chi connectivity index (χ1) is 17.6. The number of hydrogen-bond acceptors (Lipinski definition) is 4. The normalized spacial score (nSPS) is 10.8. The number of ether oxygens (including phenoxy) is 2. The second-order valence-corrected chi connectivity index (χ2v) is 8.36. The van der Waals surface area contributed by atoms with Crippen LogP contribution in [-0.2, 0) is 19.5 Å². The summed E-state index contributed by atoms with van der Waals surface area (Å²) in [6.07, 6.45) is 4.31. The largest absolute Gasteiger partial charge is 0.493 e. The topological polar surface area (TPSA) is 65.4 Å². The Kier molecular flexibility index (Phi) is 8.34. The van der Waals surface area contributed by atoms with Crippen molar-refractivity contribution >= 4 is 16.9 Å². The Hall–Kier alpha value is -4.13. The second-order valence-electron chi connectivity index (χ2n) is 8.36. The summed E-state index contributed by atoms with van der Waals surface area (Å²) in [6, 6.07) is 19.7. The first-order valence-corrected chi connectivity index (χ1v) is 12.0. The van der Waals surface area contributed by atoms with E-state index >= 15 is 0 Å². The molecular formula is C29H30FN3O3. The molecule has 0 aliphatic rings. The molecule has 36 heavy (non-hydrogen) atoms. The van der Waals surface area contributed by atoms with Gasteiger partial charge >= 0.3 is 0 Å². The van der Waals surface area contributed by atoms with Crippen molar-refractivity contribution in [2.24, 2.45) is 0 Å². The van der Waals surface area contributed by atoms with E-state index in [1.165, 1.54) is 12.1 Å². The summed E-state index contributed by atoms with van der Waals surface area (Å²) in [5.74, 6) is 1.14. The molecule has 0 spiro atoms. The van der Waals surface area contributed by atoms with Crippen molar-refractivity contribution in [1.29, 1.82) is 0 Å². The number of aromatic nitrogens is 2. The average molecular weight is 488 g/mol. The summed E-state index contributed by atoms with van der Waals surface area (Å²) in [7, 11) is 1.64. The van der Waals surface area contributed by atoms with Gasteiger partial charge in [0.05, 0.1) is 36.9 Å². The van der Waals surface area contributed by atoms with Gasteiger partial charge in [-0.05, 0) is 61.2 Å². The highest BCUT2D eigenvalue weighted by atomic mass is 19.1. The number of amides is 1. The highest BCUT2D eigenvalue weighted by Gasteiger charge is 2.14. The third kappa shape index (κ3) is 5.92. The predicted molar refractivity (Wildman–Crippen MR) is 139 cm³/mol. The number of rotatable bonds is 12. The molecule has 0 saturated heterocycles. The molecule has 1 N–H and O–H groups in total. The van der Waals surface area contributed by atoms with Crippen LogP contribution in [-0.4, -0.2) is 29.2 Å². The summed E-state index contributed by atoms with van der Waals surface area (Å²) in [5, 5.41) is 2.80. The SMILES string of the molecule is C=CCc1ccc(OCCCCn2c(CNC(=O)c3ccccc3F)nc3ccccc32)c(OC)c1. The summed E-state index contributed by atoms with van der Waals surface area (Å²) in [4.78, 5) is 17.2. The minimum Gasteiger partial charge on any atom is -0.493 e. The van der Waals surface area contributed by atoms with E-state index in [1.807, 2.05) is 48.5 Å². The van der Waals surface area contributed by atoms with Crippen LogP contribution < -0.4 is 14.8 Å². The number of hydrogen-bond donors (Lipinski definition) is 1. The van der Waals surface area contributed by atoms with E-state index in [-0.39, 0.29) is 12.1 Å². The maximum Gasteiger partial charge on any atom is 0.254 e. The number of imidazole rings is 1. The molecule has 4 rings (SSSR count). The third-order valence-electron chi connectivity index (χ3n) is 5.90. The Morgan fingerprint density at radius 2 is 1.89 bits per heavy atom. The molecule has 0 fully saturated rings. The second kappa shape index (κ2) is 12.0. The van der Waals surface area contributed by atoms with Crippen LogP contribution in [0.1, 0.15) is 34.6 Å². The molecule has 4 aromatic rings. The van der Waals surface area contributed by atoms with Crippen LogP contribution in [0.4, 0.5) is 4.39 Å². The molecule has 0 radical (unpaired) electrons. The molecule has 1 aromatic heterocycles. The van der Waals surface area contributed by atoms with Gasteiger partial charge in [0.1, 0.15) is 11.6 Å². The van der Waals surface area contributed by atoms with Crippen molar-refractivity contribution in [2.75, 3.05) is 13.7 Å². The van der Waals surface area contributed by atoms with Gasteiger partial charge in [-0.2, -0.15) is 0 Å². The lowest BCUT2D eigenvalue weighted by Gasteiger charge is -2.13. The molecule has 186 valence electrons. The van der Waals surface area contributed by atoms with Crippen LogP contribution in [0.2, 0.25) is 0 Å². The molecule has 1 amide bonds. The molecule has 7 heteroatoms. The number of unbranched alkanes of at least 4 members (excludes halogenated alkanes) is 1. The highest BCUT2D eigenvalue weighted by Crippen LogP contribution is 2.28. The number of halogens is 1. The fourth-order valence-electron chi connectivity index (χ4n) is 4.09. The Morgan fingerprint density at radius 1 is 1.08 bits per heavy atom. The molecular weight excluding hydrogens is 457 g/mol. The summed E-state index contributed by atoms with van der Waals surface area (Å²) >= 11 is 0. The lowest BCUT2D eigenvalue weighted by atomic mass is 10.1. The molecule has 0 aliphatic heterocycles. The van der Waals surface area contributed by atoms with Crippen LogP contribution in [0.25, 0.3) is 11.0 Å². The van der Waals surface area contributed by atoms with Crippen LogP contribution in [0, 0.1) is 5.82 Å². The first-order valence-electron chi connectivity index (χ1n) is 12.0. The quantitative estimate of drug-likeness (QED) is 0.206. The van der Waals surface area contributed by atoms with Gasteiger partial charge in [-0.1, -0.05) is 36.4 Å². The van der Waals surface area contributed by atoms with Gasteiger partial charge in [0.15, 0.2) is 11.5 Å². The van der Waals surface area contributed by atoms with Crippen LogP contribution in [0.15, 0.2) is 79.4 Å². The number of aryl methyl sites for hydroxylation is 1. The summed E-state index contributed by atoms with van der Waals surface area (Å²) in [6.45, 7) is 5.23. The maximum absolute atomic E-state index is 14.0. The number of nitrogens with zero attached hydrogens (tertiary/aromatic N) is 2. The molecule has 6 nitrogen and oxygen atoms in total. The van der Waals surface area contributed by atoms with E-state index in [9.17, 15) is 9.18 Å². The number of methoxy groups -OCH3 is 1. The summed E-state index contributed by atoms with van der Waals surface area (Å²) < 4.78 is 27.5. The highest BCUT2D eigenvalue weighted by molar-refractivity contribution is 5.94. The molecule has 0 saturated carbocycles. The molecule has 0 bridgehead atoms. The van der Waals surface area contributed by atoms with E-state index in [4.69, 9.17) is 14.5 Å². The van der Waals surface area contributed by atoms with Crippen LogP contribution >= 0.6 is 0 Å². The van der Waals surface area contributed by atoms with Crippen molar-refractivity contribution in [1.82, 2.24) is 14.9 Å². The Bertz CT molecular complexity index is 1350. The number of nitrogens with one attached hydrogen (secondary N) is 1. The first kappa shape index (κ1) is 25.0. The minimum absolute atomic E-state index is 0.0188. The average Bonchev–Trinajstić information content (AvgIpc) is 3.25. The van der Waals surface area contributed by atoms with Crippen molar-refractivity contribution in [3.8, 4) is 11.5 Å². The van der Waals surface area contributed by atoms with Crippen LogP contribution in [0.5, 0.6) is 11.5 Å². The van der Waals surface area contributed by atoms with Crippen molar-refractivity contribution in [3.63, 3.8) is 0 Å². The maximum atomic E-state index is 14.0. The van der Waals surface area contributed by atoms with E-state index in [0.29, 0.717) is 18.9 Å². The minimum atomic E-state index is -0.546. The summed E-state index contributed by atoms with van der Waals surface area (Å²) in [5.41, 5.74) is 2.99. The van der Waals surface area contributed by atoms with E-state index < -0.39 is 11.7 Å². The lowest BCUT2D eigenvalue weighted by Crippen LogP contribution is -2.25. The van der Waals surface area contributed by atoms with Crippen molar-refractivity contribution < 1.29 is 18.7 Å². The van der Waals surface area contributed by atoms with Gasteiger partial charge in [-0.3, -0.25) is 4.79 Å². The number of fused-ring (bicyclic) bond motifs is 1. The van der Waals surface area contributed by atoms with Gasteiger partial charge in [0, 0.05) is 6.54 Å². The van der Waals surface area contributed by atoms with Gasteiger partial charge in [-0.15, -0.1) is 6.58 Å². The molecule has 1 heterocycles. The number of carbonyl (C=O) groups excluding carboxylic acids is 1. The number of carbonyl (C=O) groups is 1. The zero-order valence-electron chi connectivity index (χ0n) is 20.4. The fourth-order valence-corrected chi connectivity index (χ4v) is 4.09. The van der Waals surface area contributed by atoms with Gasteiger partial charge in [0.25, 0.3) is 5.91 Å². The number of para-hydroxylation sites is 2. The zero-order chi connectivity index (χ0) is 25.3. The van der Waals surface area contributed by atoms with Gasteiger partial charge in [-0.25, -0.2) is 9.37 Å². The standard InChI is InChI=1S/C29H30FN3O3/c1-3-10-21-15-16-26(27(19-21)35-2)36-18-9-8-17-33-25-14-7-6-13-24(25)32-28(33)20-31-29(34)22-11-4-5-12-23(22)30/h3-7,11-16,19H,1,8-10,17-18,20H2,2H3,(H,31,34). The third-order valence-corrected chi connectivity index (χ3v) is 5.90. The van der Waals surface area contributed by atoms with Gasteiger partial charge in [0.2, 0.25) is 0 Å². The van der Waals surface area contributed by atoms with Crippen molar-refractivity contribution in [2.45, 2.75) is 32.4 Å². The van der Waals surface area contributed by atoms with E-state index in [2.05, 4.69) is 16.5 Å². The number of allylic oxidation sites excluding steroid dienone is 1. The number of benzene rings is 3. The smallest absolute Gasteiger partial charge is 0.254 e. The predicted octanol–water partition coefficient (Wildman–Crippen LogP) is 5.70. The van der Waals surface area contributed by atoms with Gasteiger partial charge < -0.3 is 19.4 Å². The fraction of sp³-hybridized carbons (Fsp3) is 0.241. The Balaban J connectivity index is 1.37. The van der Waals surface area contributed by atoms with Crippen molar-refractivity contribution in [3.05, 3.63) is 102 Å². The molecule has 3 aromatic carbocycles. The van der Waals surface area contributed by atoms with E-state index in [0.717, 1.165) is 47.4 Å². The van der Waals surface area contributed by atoms with Crippen LogP contribution in [0.3, 0.4) is 0 Å². The Morgan fingerprint density at radius 3 is 2.69 bits per heavy atom. The van der Waals surface area contributed by atoms with E-state index in [1.54, 1.807) is 19.2 Å².